The summed E-state index contributed by atoms with van der Waals surface area (Å²) in [4.78, 5) is 190. The summed E-state index contributed by atoms with van der Waals surface area (Å²) < 4.78 is 41.6. The van der Waals surface area contributed by atoms with E-state index in [2.05, 4.69) is 16.0 Å². The highest BCUT2D eigenvalue weighted by Crippen LogP contribution is 2.38. The monoisotopic (exact) mass is 1440 g/mol. The van der Waals surface area contributed by atoms with Gasteiger partial charge in [0.25, 0.3) is 0 Å². The Bertz CT molecular complexity index is 3130. The lowest BCUT2D eigenvalue weighted by molar-refractivity contribution is -0.156. The van der Waals surface area contributed by atoms with Crippen LogP contribution in [0.2, 0.25) is 5.02 Å². The molecule has 6 aliphatic rings. The molecule has 7 atom stereocenters. The maximum absolute atomic E-state index is 15.5. The van der Waals surface area contributed by atoms with E-state index in [0.29, 0.717) is 50.8 Å². The number of halogens is 4. The molecule has 3 aliphatic heterocycles. The molecular weight excluding hydrogens is 1330 g/mol. The molecule has 3 heterocycles. The Balaban J connectivity index is 1.27. The van der Waals surface area contributed by atoms with E-state index in [0.717, 1.165) is 92.6 Å². The first kappa shape index (κ1) is 81.2. The second-order valence-corrected chi connectivity index (χ2v) is 30.9. The van der Waals surface area contributed by atoms with Crippen LogP contribution >= 0.6 is 11.6 Å². The van der Waals surface area contributed by atoms with Crippen LogP contribution in [0.4, 0.5) is 13.2 Å². The first-order valence-corrected chi connectivity index (χ1v) is 37.2. The second-order valence-electron chi connectivity index (χ2n) is 30.4. The van der Waals surface area contributed by atoms with Gasteiger partial charge in [-0.1, -0.05) is 122 Å². The normalized spacial score (nSPS) is 26.5. The number of rotatable bonds is 11. The first-order chi connectivity index (χ1) is 47.6. The zero-order valence-electron chi connectivity index (χ0n) is 61.4. The number of nitrogens with one attached hydrogen (secondary N) is 3. The van der Waals surface area contributed by atoms with E-state index >= 15 is 28.8 Å². The first-order valence-electron chi connectivity index (χ1n) is 36.8. The zero-order chi connectivity index (χ0) is 74.4. The highest BCUT2D eigenvalue weighted by molar-refractivity contribution is 6.31. The number of amides is 12. The fourth-order valence-corrected chi connectivity index (χ4v) is 16.3. The molecule has 3 N–H and O–H groups in total. The Morgan fingerprint density at radius 2 is 1.15 bits per heavy atom. The van der Waals surface area contributed by atoms with Crippen molar-refractivity contribution in [1.29, 1.82) is 0 Å². The van der Waals surface area contributed by atoms with Crippen LogP contribution in [0, 0.1) is 23.7 Å². The lowest BCUT2D eigenvalue weighted by Crippen LogP contribution is -2.65. The van der Waals surface area contributed by atoms with E-state index in [1.165, 1.54) is 84.8 Å². The molecule has 0 radical (unpaired) electrons. The average molecular weight is 1440 g/mol. The molecule has 7 rings (SSSR count). The third kappa shape index (κ3) is 21.1. The van der Waals surface area contributed by atoms with E-state index < -0.39 is 167 Å². The van der Waals surface area contributed by atoms with Gasteiger partial charge < -0.3 is 60.0 Å². The number of benzene rings is 1. The van der Waals surface area contributed by atoms with Gasteiger partial charge in [0.15, 0.2) is 0 Å². The molecule has 28 heteroatoms. The lowest BCUT2D eigenvalue weighted by atomic mass is 9.84. The summed E-state index contributed by atoms with van der Waals surface area (Å²) in [5.41, 5.74) is -2.35. The molecule has 0 bridgehead atoms. The Labute approximate surface area is 599 Å². The van der Waals surface area contributed by atoms with Gasteiger partial charge in [-0.2, -0.15) is 13.2 Å². The van der Waals surface area contributed by atoms with Crippen molar-refractivity contribution in [3.63, 3.8) is 0 Å². The summed E-state index contributed by atoms with van der Waals surface area (Å²) in [6.07, 6.45) is 7.84. The lowest BCUT2D eigenvalue weighted by Gasteiger charge is -2.42. The number of hydrogen-bond acceptors (Lipinski definition) is 12. The highest BCUT2D eigenvalue weighted by atomic mass is 35.5. The number of fused-ring (bicyclic) bond motifs is 1. The molecule has 0 unspecified atom stereocenters. The number of aryl methyl sites for hydroxylation is 1. The van der Waals surface area contributed by atoms with Gasteiger partial charge in [-0.3, -0.25) is 57.5 Å². The average Bonchev–Trinajstić information content (AvgIpc) is 1.74. The molecule has 101 heavy (non-hydrogen) atoms. The van der Waals surface area contributed by atoms with E-state index in [1.54, 1.807) is 18.7 Å². The minimum absolute atomic E-state index is 0.0213. The van der Waals surface area contributed by atoms with Gasteiger partial charge in [-0.15, -0.1) is 0 Å². The quantitative estimate of drug-likeness (QED) is 0.217. The number of piperidine rings is 1. The minimum Gasteiger partial charge on any atom is -0.343 e. The van der Waals surface area contributed by atoms with Crippen molar-refractivity contribution in [3.05, 3.63) is 34.3 Å². The van der Waals surface area contributed by atoms with Crippen LogP contribution in [0.1, 0.15) is 193 Å². The third-order valence-corrected chi connectivity index (χ3v) is 22.3. The number of carbonyl (C=O) groups is 12. The van der Waals surface area contributed by atoms with Gasteiger partial charge in [0.05, 0.1) is 36.6 Å². The predicted molar refractivity (Wildman–Crippen MR) is 374 cm³/mol. The summed E-state index contributed by atoms with van der Waals surface area (Å²) in [6.45, 7) is 6.37. The van der Waals surface area contributed by atoms with E-state index in [-0.39, 0.29) is 75.7 Å². The van der Waals surface area contributed by atoms with Crippen molar-refractivity contribution < 1.29 is 70.7 Å². The highest BCUT2D eigenvalue weighted by Gasteiger charge is 2.51. The van der Waals surface area contributed by atoms with Crippen molar-refractivity contribution in [2.24, 2.45) is 23.7 Å². The van der Waals surface area contributed by atoms with Crippen LogP contribution < -0.4 is 16.0 Å². The Morgan fingerprint density at radius 3 is 1.73 bits per heavy atom. The van der Waals surface area contributed by atoms with Crippen molar-refractivity contribution in [3.8, 4) is 0 Å². The molecule has 24 nitrogen and oxygen atoms in total. The van der Waals surface area contributed by atoms with Crippen molar-refractivity contribution in [2.45, 2.75) is 242 Å². The number of alkyl halides is 3. The van der Waals surface area contributed by atoms with Crippen LogP contribution in [-0.4, -0.2) is 251 Å². The van der Waals surface area contributed by atoms with Crippen molar-refractivity contribution >= 4 is 82.5 Å². The fourth-order valence-electron chi connectivity index (χ4n) is 16.0. The molecule has 1 aromatic rings. The topological polar surface area (TPSA) is 270 Å². The number of carbonyl (C=O) groups excluding carboxylic acids is 12. The number of nitrogens with zero attached hydrogens (tertiary/aromatic N) is 9. The standard InChI is InChI=1S/C73H112ClF3N12O12/c1-46(2)38-56-64(94)79-54(40-48-24-15-12-16-25-48)66(96)83(7)44-61(92)81(5)45-62(93)85(9)57(41-49-26-17-13-18-27-49)68(98)82(6)43-59(90)78-53(32-30-50-29-31-51(52(74)39-50)73(75,76)77)67(97)89-37-23-28-55(89)65(95)80-72(33-19-20-34-72)71(101)87(11)63(47(3)4)70(100)86(10)58(42-60(91)84(56)8)69(99)88-35-21-14-22-36-88/h29,31,39,46-49,53-58,63H,12-28,30,32-38,40-45H2,1-11H3,(H,78,90)(H,79,94)(H,80,95)/t53-,54-,55-,56-,57-,58-,63-/m0/s1. The van der Waals surface area contributed by atoms with Gasteiger partial charge in [0.1, 0.15) is 47.8 Å². The molecule has 1 aromatic carbocycles. The second kappa shape index (κ2) is 36.4. The Kier molecular flexibility index (Phi) is 29.3. The van der Waals surface area contributed by atoms with Gasteiger partial charge in [-0.25, -0.2) is 0 Å². The maximum Gasteiger partial charge on any atom is 0.417 e. The summed E-state index contributed by atoms with van der Waals surface area (Å²) in [5.74, 6) is -8.41. The van der Waals surface area contributed by atoms with Gasteiger partial charge in [-0.05, 0) is 118 Å². The maximum atomic E-state index is 15.5. The third-order valence-electron chi connectivity index (χ3n) is 22.0. The molecule has 3 saturated heterocycles. The molecule has 3 aliphatic carbocycles. The van der Waals surface area contributed by atoms with Crippen molar-refractivity contribution in [1.82, 2.24) is 60.0 Å². The zero-order valence-corrected chi connectivity index (χ0v) is 62.2. The predicted octanol–water partition coefficient (Wildman–Crippen LogP) is 6.42. The smallest absolute Gasteiger partial charge is 0.343 e. The molecule has 12 amide bonds. The summed E-state index contributed by atoms with van der Waals surface area (Å²) in [6, 6.07) is -5.56. The van der Waals surface area contributed by atoms with Crippen LogP contribution in [0.25, 0.3) is 0 Å². The molecule has 564 valence electrons. The van der Waals surface area contributed by atoms with Gasteiger partial charge >= 0.3 is 6.18 Å². The van der Waals surface area contributed by atoms with E-state index in [9.17, 15) is 41.9 Å². The van der Waals surface area contributed by atoms with Gasteiger partial charge in [0, 0.05) is 69.0 Å². The Morgan fingerprint density at radius 1 is 0.574 bits per heavy atom. The summed E-state index contributed by atoms with van der Waals surface area (Å²) in [5, 5.41) is 8.21. The SMILES string of the molecule is CC(C)C[C@H]1C(=O)N[C@@H](CC2CCCCC2)C(=O)N(C)CC(=O)N(C)CC(=O)N(C)[C@@H](CC2CCCCC2)C(=O)N(C)CC(=O)N[C@@H](CCc2ccc(C(F)(F)F)c(Cl)c2)C(=O)N2CCC[C@H]2C(=O)NC2(CCCC2)C(=O)N(C)[C@@H](C(C)C)C(=O)N(C)[C@H](C(=O)N2CCCCC2)CC(=O)N1C. The molecular formula is C73H112ClF3N12O12. The number of likely N-dealkylation sites (tertiary alicyclic amines) is 1. The molecule has 3 saturated carbocycles. The number of hydrogen-bond donors (Lipinski definition) is 3. The van der Waals surface area contributed by atoms with Crippen LogP contribution in [-0.2, 0) is 70.1 Å². The minimum atomic E-state index is -4.76. The molecule has 6 fully saturated rings. The number of likely N-dealkylation sites (N-methyl/N-ethyl adjacent to an activating group) is 7. The summed E-state index contributed by atoms with van der Waals surface area (Å²) >= 11 is 6.15. The fraction of sp³-hybridized carbons (Fsp3) is 0.753. The van der Waals surface area contributed by atoms with E-state index in [4.69, 9.17) is 11.6 Å². The van der Waals surface area contributed by atoms with Gasteiger partial charge in [0.2, 0.25) is 70.9 Å². The van der Waals surface area contributed by atoms with Crippen LogP contribution in [0.3, 0.4) is 0 Å². The summed E-state index contributed by atoms with van der Waals surface area (Å²) in [7, 11) is 9.98. The van der Waals surface area contributed by atoms with Crippen LogP contribution in [0.5, 0.6) is 0 Å². The molecule has 1 spiro atoms. The largest absolute Gasteiger partial charge is 0.417 e. The molecule has 0 aromatic heterocycles. The van der Waals surface area contributed by atoms with Crippen LogP contribution in [0.15, 0.2) is 18.2 Å². The Hall–Kier alpha value is -7.06. The van der Waals surface area contributed by atoms with Crippen molar-refractivity contribution in [2.75, 3.05) is 88.6 Å². The van der Waals surface area contributed by atoms with E-state index in [1.807, 2.05) is 13.8 Å².